The van der Waals surface area contributed by atoms with E-state index in [4.69, 9.17) is 5.26 Å². The highest BCUT2D eigenvalue weighted by Crippen LogP contribution is 2.20. The lowest BCUT2D eigenvalue weighted by Gasteiger charge is -2.28. The molecule has 1 fully saturated rings. The molecule has 0 spiro atoms. The summed E-state index contributed by atoms with van der Waals surface area (Å²) in [5, 5.41) is 10.9. The van der Waals surface area contributed by atoms with Crippen molar-refractivity contribution in [3.05, 3.63) is 0 Å². The first kappa shape index (κ1) is 14.3. The summed E-state index contributed by atoms with van der Waals surface area (Å²) in [4.78, 5) is 13.7. The van der Waals surface area contributed by atoms with Crippen molar-refractivity contribution in [2.75, 3.05) is 24.7 Å². The number of nitriles is 1. The molecular weight excluding hydrogens is 236 g/mol. The Morgan fingerprint density at radius 3 is 2.94 bits per heavy atom. The minimum atomic E-state index is -0.261. The van der Waals surface area contributed by atoms with E-state index in [1.165, 1.54) is 0 Å². The first-order chi connectivity index (χ1) is 8.10. The molecule has 0 saturated carbocycles. The van der Waals surface area contributed by atoms with Gasteiger partial charge < -0.3 is 4.90 Å². The highest BCUT2D eigenvalue weighted by atomic mass is 32.2. The molecule has 0 aromatic heterocycles. The van der Waals surface area contributed by atoms with Crippen LogP contribution in [0, 0.1) is 11.3 Å². The van der Waals surface area contributed by atoms with Crippen LogP contribution in [0.4, 0.5) is 0 Å². The molecule has 1 rings (SSSR count). The summed E-state index contributed by atoms with van der Waals surface area (Å²) in [5.41, 5.74) is 3.17. The normalized spacial score (nSPS) is 20.0. The number of thioether (sulfide) groups is 1. The predicted octanol–water partition coefficient (Wildman–Crippen LogP) is 0.646. The van der Waals surface area contributed by atoms with E-state index in [-0.39, 0.29) is 18.0 Å². The van der Waals surface area contributed by atoms with E-state index < -0.39 is 0 Å². The number of hydrogen-bond acceptors (Lipinski definition) is 5. The van der Waals surface area contributed by atoms with Crippen LogP contribution in [-0.2, 0) is 4.79 Å². The van der Waals surface area contributed by atoms with Crippen molar-refractivity contribution in [3.8, 4) is 6.07 Å². The van der Waals surface area contributed by atoms with Gasteiger partial charge in [0, 0.05) is 18.3 Å². The van der Waals surface area contributed by atoms with Crippen LogP contribution in [-0.4, -0.2) is 52.6 Å². The van der Waals surface area contributed by atoms with Gasteiger partial charge in [-0.1, -0.05) is 6.92 Å². The number of carbonyl (C=O) groups excluding carboxylic acids is 1. The Bertz CT molecular complexity index is 302. The highest BCUT2D eigenvalue weighted by Gasteiger charge is 2.30. The predicted molar refractivity (Wildman–Crippen MR) is 69.1 cm³/mol. The van der Waals surface area contributed by atoms with E-state index in [1.807, 2.05) is 25.8 Å². The zero-order valence-corrected chi connectivity index (χ0v) is 11.5. The molecule has 1 atom stereocenters. The number of rotatable bonds is 5. The van der Waals surface area contributed by atoms with Crippen molar-refractivity contribution in [2.45, 2.75) is 32.9 Å². The average Bonchev–Trinajstić information content (AvgIpc) is 2.76. The number of hydrogen-bond donors (Lipinski definition) is 1. The van der Waals surface area contributed by atoms with Crippen LogP contribution in [0.3, 0.4) is 0 Å². The maximum atomic E-state index is 12.1. The maximum absolute atomic E-state index is 12.1. The van der Waals surface area contributed by atoms with Crippen LogP contribution < -0.4 is 5.43 Å². The third kappa shape index (κ3) is 3.87. The van der Waals surface area contributed by atoms with Crippen LogP contribution in [0.2, 0.25) is 0 Å². The van der Waals surface area contributed by atoms with Gasteiger partial charge in [-0.05, 0) is 13.8 Å². The molecule has 1 saturated heterocycles. The van der Waals surface area contributed by atoms with Crippen LogP contribution in [0.25, 0.3) is 0 Å². The second kappa shape index (κ2) is 6.84. The molecule has 96 valence electrons. The van der Waals surface area contributed by atoms with E-state index in [1.54, 1.807) is 16.7 Å². The van der Waals surface area contributed by atoms with Gasteiger partial charge in [0.2, 0.25) is 5.91 Å². The number of nitrogens with zero attached hydrogens (tertiary/aromatic N) is 3. The molecular formula is C11H20N4OS. The molecule has 17 heavy (non-hydrogen) atoms. The Morgan fingerprint density at radius 2 is 2.41 bits per heavy atom. The quantitative estimate of drug-likeness (QED) is 0.732. The van der Waals surface area contributed by atoms with Crippen molar-refractivity contribution in [3.63, 3.8) is 0 Å². The minimum Gasteiger partial charge on any atom is -0.315 e. The van der Waals surface area contributed by atoms with Gasteiger partial charge in [0.25, 0.3) is 0 Å². The van der Waals surface area contributed by atoms with E-state index in [2.05, 4.69) is 11.5 Å². The topological polar surface area (TPSA) is 59.4 Å². The lowest BCUT2D eigenvalue weighted by molar-refractivity contribution is -0.133. The summed E-state index contributed by atoms with van der Waals surface area (Å²) in [6, 6.07) is 2.17. The zero-order chi connectivity index (χ0) is 12.8. The molecule has 1 aliphatic heterocycles. The van der Waals surface area contributed by atoms with Gasteiger partial charge in [-0.2, -0.15) is 5.26 Å². The number of hydrazine groups is 1. The van der Waals surface area contributed by atoms with Gasteiger partial charge in [-0.15, -0.1) is 11.8 Å². The Morgan fingerprint density at radius 1 is 1.71 bits per heavy atom. The van der Waals surface area contributed by atoms with Gasteiger partial charge in [0.1, 0.15) is 6.04 Å². The van der Waals surface area contributed by atoms with Crippen molar-refractivity contribution in [1.82, 2.24) is 15.3 Å². The zero-order valence-electron chi connectivity index (χ0n) is 10.6. The standard InChI is InChI=1S/C11H20N4OS/c1-4-13-15(9(2)3)6-11(16)14-8-17-7-10(14)5-12/h9-10,13H,4,6-8H2,1-3H3. The summed E-state index contributed by atoms with van der Waals surface area (Å²) in [6.07, 6.45) is 0. The van der Waals surface area contributed by atoms with Crippen molar-refractivity contribution >= 4 is 17.7 Å². The van der Waals surface area contributed by atoms with Crippen molar-refractivity contribution < 1.29 is 4.79 Å². The summed E-state index contributed by atoms with van der Waals surface area (Å²) in [5.74, 6) is 1.39. The van der Waals surface area contributed by atoms with Gasteiger partial charge in [0.05, 0.1) is 18.5 Å². The molecule has 0 aromatic carbocycles. The number of nitrogens with one attached hydrogen (secondary N) is 1. The van der Waals surface area contributed by atoms with Crippen molar-refractivity contribution in [1.29, 1.82) is 5.26 Å². The summed E-state index contributed by atoms with van der Waals surface area (Å²) in [7, 11) is 0. The molecule has 6 heteroatoms. The van der Waals surface area contributed by atoms with Crippen LogP contribution in [0.5, 0.6) is 0 Å². The lowest BCUT2D eigenvalue weighted by Crippen LogP contribution is -2.50. The molecule has 0 aromatic rings. The summed E-state index contributed by atoms with van der Waals surface area (Å²) >= 11 is 1.64. The monoisotopic (exact) mass is 256 g/mol. The van der Waals surface area contributed by atoms with Crippen LogP contribution in [0.15, 0.2) is 0 Å². The fourth-order valence-electron chi connectivity index (χ4n) is 1.66. The van der Waals surface area contributed by atoms with Gasteiger partial charge in [-0.25, -0.2) is 5.01 Å². The Labute approximate surface area is 107 Å². The maximum Gasteiger partial charge on any atom is 0.240 e. The Hall–Kier alpha value is -0.770. The average molecular weight is 256 g/mol. The SMILES string of the molecule is CCNN(CC(=O)N1CSCC1C#N)C(C)C. The van der Waals surface area contributed by atoms with E-state index in [0.29, 0.717) is 12.4 Å². The van der Waals surface area contributed by atoms with Gasteiger partial charge >= 0.3 is 0 Å². The Balaban J connectivity index is 2.55. The number of carbonyl (C=O) groups is 1. The second-order valence-electron chi connectivity index (χ2n) is 4.24. The molecule has 1 aliphatic rings. The molecule has 0 radical (unpaired) electrons. The summed E-state index contributed by atoms with van der Waals surface area (Å²) < 4.78 is 0. The minimum absolute atomic E-state index is 0.0243. The van der Waals surface area contributed by atoms with Crippen LogP contribution >= 0.6 is 11.8 Å². The fourth-order valence-corrected chi connectivity index (χ4v) is 2.76. The third-order valence-electron chi connectivity index (χ3n) is 2.64. The molecule has 0 bridgehead atoms. The van der Waals surface area contributed by atoms with Crippen molar-refractivity contribution in [2.24, 2.45) is 0 Å². The lowest BCUT2D eigenvalue weighted by atomic mass is 10.3. The smallest absolute Gasteiger partial charge is 0.240 e. The second-order valence-corrected chi connectivity index (χ2v) is 5.24. The van der Waals surface area contributed by atoms with Crippen LogP contribution in [0.1, 0.15) is 20.8 Å². The largest absolute Gasteiger partial charge is 0.315 e. The molecule has 0 aliphatic carbocycles. The molecule has 1 heterocycles. The Kier molecular flexibility index (Phi) is 5.75. The summed E-state index contributed by atoms with van der Waals surface area (Å²) in [6.45, 7) is 7.20. The van der Waals surface area contributed by atoms with E-state index >= 15 is 0 Å². The number of amides is 1. The highest BCUT2D eigenvalue weighted by molar-refractivity contribution is 7.99. The van der Waals surface area contributed by atoms with E-state index in [0.717, 1.165) is 12.3 Å². The van der Waals surface area contributed by atoms with E-state index in [9.17, 15) is 4.79 Å². The molecule has 1 N–H and O–H groups in total. The van der Waals surface area contributed by atoms with Gasteiger partial charge in [0.15, 0.2) is 0 Å². The van der Waals surface area contributed by atoms with Gasteiger partial charge in [-0.3, -0.25) is 10.2 Å². The molecule has 1 amide bonds. The molecule has 1 unspecified atom stereocenters. The first-order valence-electron chi connectivity index (χ1n) is 5.87. The fraction of sp³-hybridized carbons (Fsp3) is 0.818. The first-order valence-corrected chi connectivity index (χ1v) is 7.02. The molecule has 5 nitrogen and oxygen atoms in total. The third-order valence-corrected chi connectivity index (χ3v) is 3.65.